The Labute approximate surface area is 228 Å². The smallest absolute Gasteiger partial charge is 0.265 e. The van der Waals surface area contributed by atoms with E-state index in [1.54, 1.807) is 29.0 Å². The highest BCUT2D eigenvalue weighted by atomic mass is 19.1. The van der Waals surface area contributed by atoms with Gasteiger partial charge in [-0.25, -0.2) is 9.37 Å². The second-order valence-corrected chi connectivity index (χ2v) is 9.65. The number of anilines is 2. The van der Waals surface area contributed by atoms with Gasteiger partial charge in [-0.15, -0.1) is 5.10 Å². The number of nitrogens with two attached hydrogens (primary N) is 2. The summed E-state index contributed by atoms with van der Waals surface area (Å²) in [6, 6.07) is 12.0. The van der Waals surface area contributed by atoms with Gasteiger partial charge in [0.05, 0.1) is 22.7 Å². The molecule has 40 heavy (non-hydrogen) atoms. The summed E-state index contributed by atoms with van der Waals surface area (Å²) in [7, 11) is 0. The maximum Gasteiger partial charge on any atom is 0.265 e. The number of pyridine rings is 1. The molecule has 12 nitrogen and oxygen atoms in total. The predicted molar refractivity (Wildman–Crippen MR) is 147 cm³/mol. The molecule has 1 aromatic carbocycles. The topological polar surface area (TPSA) is 160 Å². The zero-order valence-corrected chi connectivity index (χ0v) is 21.7. The van der Waals surface area contributed by atoms with Crippen molar-refractivity contribution in [2.75, 3.05) is 43.4 Å². The Balaban J connectivity index is 1.28. The van der Waals surface area contributed by atoms with Crippen LogP contribution in [-0.2, 0) is 6.54 Å². The Hall–Kier alpha value is -5.09. The van der Waals surface area contributed by atoms with Crippen LogP contribution in [0.3, 0.4) is 0 Å². The zero-order valence-electron chi connectivity index (χ0n) is 21.7. The van der Waals surface area contributed by atoms with Gasteiger partial charge in [-0.3, -0.25) is 14.7 Å². The lowest BCUT2D eigenvalue weighted by molar-refractivity contribution is 0.0990. The van der Waals surface area contributed by atoms with Crippen LogP contribution in [0.5, 0.6) is 0 Å². The van der Waals surface area contributed by atoms with Crippen molar-refractivity contribution < 1.29 is 9.18 Å². The highest BCUT2D eigenvalue weighted by Gasteiger charge is 2.26. The van der Waals surface area contributed by atoms with E-state index in [1.807, 2.05) is 30.0 Å². The van der Waals surface area contributed by atoms with Crippen LogP contribution in [0.1, 0.15) is 21.6 Å². The van der Waals surface area contributed by atoms with Crippen molar-refractivity contribution in [1.82, 2.24) is 34.0 Å². The summed E-state index contributed by atoms with van der Waals surface area (Å²) in [5.74, 6) is -0.448. The molecule has 4 aromatic heterocycles. The number of aryl methyl sites for hydroxylation is 1. The molecule has 13 heteroatoms. The van der Waals surface area contributed by atoms with Crippen LogP contribution in [0.4, 0.5) is 16.0 Å². The van der Waals surface area contributed by atoms with Crippen molar-refractivity contribution in [3.8, 4) is 17.6 Å². The van der Waals surface area contributed by atoms with Crippen molar-refractivity contribution in [2.45, 2.75) is 13.5 Å². The molecule has 6 rings (SSSR count). The van der Waals surface area contributed by atoms with Gasteiger partial charge in [0.25, 0.3) is 5.91 Å². The zero-order chi connectivity index (χ0) is 28.0. The van der Waals surface area contributed by atoms with Crippen LogP contribution in [0, 0.1) is 24.1 Å². The van der Waals surface area contributed by atoms with E-state index in [0.29, 0.717) is 90.0 Å². The van der Waals surface area contributed by atoms with E-state index in [4.69, 9.17) is 21.7 Å². The van der Waals surface area contributed by atoms with E-state index in [9.17, 15) is 9.18 Å². The average Bonchev–Trinajstić information content (AvgIpc) is 3.52. The van der Waals surface area contributed by atoms with Crippen molar-refractivity contribution >= 4 is 34.2 Å². The van der Waals surface area contributed by atoms with E-state index >= 15 is 0 Å². The Morgan fingerprint density at radius 1 is 1.10 bits per heavy atom. The normalized spacial score (nSPS) is 14.2. The number of carbonyl (C=O) groups is 1. The number of carbonyl (C=O) groups excluding carboxylic acids is 1. The molecule has 202 valence electrons. The van der Waals surface area contributed by atoms with Gasteiger partial charge in [-0.2, -0.15) is 14.8 Å². The largest absolute Gasteiger partial charge is 0.368 e. The molecule has 4 N–H and O–H groups in total. The predicted octanol–water partition coefficient (Wildman–Crippen LogP) is 1.96. The molecule has 0 spiro atoms. The van der Waals surface area contributed by atoms with Crippen LogP contribution in [-0.4, -0.2) is 72.7 Å². The van der Waals surface area contributed by atoms with Crippen LogP contribution in [0.25, 0.3) is 28.2 Å². The van der Waals surface area contributed by atoms with E-state index in [-0.39, 0.29) is 5.95 Å². The van der Waals surface area contributed by atoms with E-state index < -0.39 is 11.7 Å². The first-order valence-electron chi connectivity index (χ1n) is 12.8. The Kier molecular flexibility index (Phi) is 6.24. The molecular formula is C27H26FN11O. The first-order valence-corrected chi connectivity index (χ1v) is 12.8. The lowest BCUT2D eigenvalue weighted by Gasteiger charge is -2.36. The van der Waals surface area contributed by atoms with Gasteiger partial charge in [-0.05, 0) is 42.8 Å². The van der Waals surface area contributed by atoms with Gasteiger partial charge in [0.15, 0.2) is 5.65 Å². The number of amides is 1. The monoisotopic (exact) mass is 539 g/mol. The molecule has 5 aromatic rings. The van der Waals surface area contributed by atoms with E-state index in [2.05, 4.69) is 20.0 Å². The van der Waals surface area contributed by atoms with Crippen LogP contribution in [0.15, 0.2) is 42.6 Å². The third kappa shape index (κ3) is 4.24. The number of benzene rings is 1. The number of hydrogen-bond donors (Lipinski definition) is 2. The number of nitrogen functional groups attached to an aromatic ring is 1. The van der Waals surface area contributed by atoms with Gasteiger partial charge in [0, 0.05) is 45.5 Å². The Morgan fingerprint density at radius 2 is 1.90 bits per heavy atom. The first-order chi connectivity index (χ1) is 19.4. The summed E-state index contributed by atoms with van der Waals surface area (Å²) in [4.78, 5) is 30.4. The summed E-state index contributed by atoms with van der Waals surface area (Å²) < 4.78 is 17.8. The lowest BCUT2D eigenvalue weighted by Crippen LogP contribution is -2.47. The molecule has 0 bridgehead atoms. The van der Waals surface area contributed by atoms with Crippen LogP contribution >= 0.6 is 0 Å². The van der Waals surface area contributed by atoms with Gasteiger partial charge >= 0.3 is 0 Å². The number of aromatic nitrogens is 6. The van der Waals surface area contributed by atoms with Crippen LogP contribution in [0.2, 0.25) is 0 Å². The summed E-state index contributed by atoms with van der Waals surface area (Å²) in [5, 5.41) is 14.1. The number of nitrogens with zero attached hydrogens (tertiary/aromatic N) is 9. The summed E-state index contributed by atoms with van der Waals surface area (Å²) in [6.45, 7) is 5.51. The summed E-state index contributed by atoms with van der Waals surface area (Å²) in [5.41, 5.74) is 15.5. The minimum atomic E-state index is -0.571. The molecule has 0 radical (unpaired) electrons. The molecule has 1 amide bonds. The maximum atomic E-state index is 14.5. The molecule has 1 aliphatic heterocycles. The third-order valence-corrected chi connectivity index (χ3v) is 7.30. The average molecular weight is 540 g/mol. The number of rotatable bonds is 6. The molecule has 0 atom stereocenters. The Bertz CT molecular complexity index is 1800. The van der Waals surface area contributed by atoms with Crippen molar-refractivity contribution in [3.63, 3.8) is 0 Å². The molecule has 1 fully saturated rings. The minimum Gasteiger partial charge on any atom is -0.368 e. The van der Waals surface area contributed by atoms with Gasteiger partial charge in [-0.1, -0.05) is 6.07 Å². The van der Waals surface area contributed by atoms with Gasteiger partial charge in [0.1, 0.15) is 22.9 Å². The number of halogens is 1. The van der Waals surface area contributed by atoms with Crippen molar-refractivity contribution in [2.24, 2.45) is 5.73 Å². The highest BCUT2D eigenvalue weighted by Crippen LogP contribution is 2.30. The maximum absolute atomic E-state index is 14.5. The molecular weight excluding hydrogens is 513 g/mol. The minimum absolute atomic E-state index is 0.130. The number of hydrogen-bond acceptors (Lipinski definition) is 9. The molecule has 0 aliphatic carbocycles. The number of fused-ring (bicyclic) bond motifs is 3. The second kappa shape index (κ2) is 9.90. The molecule has 1 aliphatic rings. The Morgan fingerprint density at radius 3 is 2.58 bits per heavy atom. The molecule has 5 heterocycles. The highest BCUT2D eigenvalue weighted by molar-refractivity contribution is 6.04. The van der Waals surface area contributed by atoms with E-state index in [0.717, 1.165) is 0 Å². The summed E-state index contributed by atoms with van der Waals surface area (Å²) >= 11 is 0. The number of primary amides is 1. The fourth-order valence-corrected chi connectivity index (χ4v) is 5.33. The lowest BCUT2D eigenvalue weighted by atomic mass is 10.2. The molecule has 0 unspecified atom stereocenters. The SMILES string of the molecule is Cc1c(C(N)=O)n(CCN2CCN(c3ccc(C#N)cc3F)CC2)c2nc(N)n3nc(-c4ccccn4)nc3c12. The number of piperazine rings is 1. The van der Waals surface area contributed by atoms with Gasteiger partial charge < -0.3 is 20.9 Å². The van der Waals surface area contributed by atoms with Crippen molar-refractivity contribution in [3.05, 3.63) is 65.2 Å². The third-order valence-electron chi connectivity index (χ3n) is 7.30. The second-order valence-electron chi connectivity index (χ2n) is 9.65. The fraction of sp³-hybridized carbons (Fsp3) is 0.259. The van der Waals surface area contributed by atoms with Gasteiger partial charge in [0.2, 0.25) is 11.8 Å². The first kappa shape index (κ1) is 25.2. The van der Waals surface area contributed by atoms with Crippen molar-refractivity contribution in [1.29, 1.82) is 5.26 Å². The van der Waals surface area contributed by atoms with Crippen LogP contribution < -0.4 is 16.4 Å². The molecule has 1 saturated heterocycles. The van der Waals surface area contributed by atoms with E-state index in [1.165, 1.54) is 10.6 Å². The quantitative estimate of drug-likeness (QED) is 0.329. The standard InChI is InChI=1S/C27H26FN11O/c1-16-21-25(34-27(31)39-26(21)33-24(35-39)19-4-2-3-7-32-19)38(22(16)23(30)40)13-10-36-8-11-37(12-9-36)20-6-5-17(15-29)14-18(20)28/h2-7,14H,8-13H2,1H3,(H2,30,40)(H2,31,34). The number of nitriles is 1. The molecule has 0 saturated carbocycles. The fourth-order valence-electron chi connectivity index (χ4n) is 5.33. The summed E-state index contributed by atoms with van der Waals surface area (Å²) in [6.07, 6.45) is 1.66.